The fourth-order valence-corrected chi connectivity index (χ4v) is 4.03. The summed E-state index contributed by atoms with van der Waals surface area (Å²) in [6.07, 6.45) is 2.23. The Labute approximate surface area is 180 Å². The third-order valence-corrected chi connectivity index (χ3v) is 5.53. The van der Waals surface area contributed by atoms with Crippen molar-refractivity contribution in [1.82, 2.24) is 0 Å². The first-order valence-electron chi connectivity index (χ1n) is 9.13. The van der Waals surface area contributed by atoms with Gasteiger partial charge in [0.2, 0.25) is 0 Å². The lowest BCUT2D eigenvalue weighted by Crippen LogP contribution is -2.09. The molecule has 0 spiro atoms. The second-order valence-electron chi connectivity index (χ2n) is 6.38. The first-order chi connectivity index (χ1) is 14.0. The number of benzene rings is 3. The summed E-state index contributed by atoms with van der Waals surface area (Å²) in [6, 6.07) is 24.1. The van der Waals surface area contributed by atoms with Gasteiger partial charge < -0.3 is 9.84 Å². The molecule has 29 heavy (non-hydrogen) atoms. The first kappa shape index (κ1) is 21.0. The molecule has 0 amide bonds. The van der Waals surface area contributed by atoms with E-state index in [9.17, 15) is 4.79 Å². The Balaban J connectivity index is 1.78. The van der Waals surface area contributed by atoms with E-state index in [1.54, 1.807) is 23.9 Å². The molecular weight excluding hydrogens is 404 g/mol. The van der Waals surface area contributed by atoms with Crippen LogP contribution in [0.2, 0.25) is 5.02 Å². The van der Waals surface area contributed by atoms with Gasteiger partial charge in [-0.3, -0.25) is 0 Å². The molecule has 5 heteroatoms. The van der Waals surface area contributed by atoms with Crippen LogP contribution in [-0.2, 0) is 4.79 Å². The summed E-state index contributed by atoms with van der Waals surface area (Å²) in [4.78, 5) is 11.6. The van der Waals surface area contributed by atoms with Gasteiger partial charge in [0.1, 0.15) is 5.75 Å². The van der Waals surface area contributed by atoms with Gasteiger partial charge in [-0.1, -0.05) is 72.3 Å². The molecule has 0 aliphatic heterocycles. The Morgan fingerprint density at radius 3 is 2.48 bits per heavy atom. The quantitative estimate of drug-likeness (QED) is 0.429. The van der Waals surface area contributed by atoms with Gasteiger partial charge in [0.15, 0.2) is 6.61 Å². The summed E-state index contributed by atoms with van der Waals surface area (Å²) < 4.78 is 5.17. The van der Waals surface area contributed by atoms with Crippen molar-refractivity contribution in [1.29, 1.82) is 0 Å². The van der Waals surface area contributed by atoms with Crippen molar-refractivity contribution in [3.05, 3.63) is 101 Å². The van der Waals surface area contributed by atoms with Crippen LogP contribution in [0.5, 0.6) is 5.75 Å². The minimum atomic E-state index is -1.03. The molecule has 3 aromatic rings. The van der Waals surface area contributed by atoms with Crippen molar-refractivity contribution in [3.8, 4) is 5.75 Å². The highest BCUT2D eigenvalue weighted by atomic mass is 35.5. The number of ether oxygens (including phenoxy) is 1. The van der Waals surface area contributed by atoms with E-state index in [1.807, 2.05) is 30.3 Å². The van der Waals surface area contributed by atoms with Crippen LogP contribution in [-0.4, -0.2) is 23.4 Å². The van der Waals surface area contributed by atoms with Gasteiger partial charge in [-0.05, 0) is 47.4 Å². The van der Waals surface area contributed by atoms with E-state index < -0.39 is 12.6 Å². The van der Waals surface area contributed by atoms with Crippen molar-refractivity contribution >= 4 is 34.9 Å². The molecule has 0 bridgehead atoms. The number of aryl methyl sites for hydroxylation is 1. The molecule has 0 unspecified atom stereocenters. The minimum Gasteiger partial charge on any atom is -0.480 e. The molecule has 0 aromatic heterocycles. The van der Waals surface area contributed by atoms with E-state index in [4.69, 9.17) is 21.4 Å². The Bertz CT molecular complexity index is 1020. The fourth-order valence-electron chi connectivity index (χ4n) is 2.93. The number of carboxylic acids is 1. The van der Waals surface area contributed by atoms with Gasteiger partial charge in [0, 0.05) is 10.6 Å². The standard InChI is InChI=1S/C24H21ClO3S/c1-17-7-5-6-10-20(17)21(18-8-3-2-4-9-18)13-14-29-19-11-12-23(22(25)15-19)28-16-24(26)27/h2-13,15H,14,16H2,1H3,(H,26,27)/b21-13-. The van der Waals surface area contributed by atoms with Crippen LogP contribution >= 0.6 is 23.4 Å². The van der Waals surface area contributed by atoms with Crippen molar-refractivity contribution in [3.63, 3.8) is 0 Å². The van der Waals surface area contributed by atoms with Crippen LogP contribution in [0.15, 0.2) is 83.8 Å². The lowest BCUT2D eigenvalue weighted by atomic mass is 9.94. The van der Waals surface area contributed by atoms with Gasteiger partial charge in [0.25, 0.3) is 0 Å². The topological polar surface area (TPSA) is 46.5 Å². The SMILES string of the molecule is Cc1ccccc1/C(=C\CSc1ccc(OCC(=O)O)c(Cl)c1)c1ccccc1. The molecule has 1 N–H and O–H groups in total. The second kappa shape index (κ2) is 10.2. The maximum Gasteiger partial charge on any atom is 0.341 e. The maximum absolute atomic E-state index is 10.6. The van der Waals surface area contributed by atoms with Gasteiger partial charge in [-0.2, -0.15) is 0 Å². The lowest BCUT2D eigenvalue weighted by molar-refractivity contribution is -0.139. The van der Waals surface area contributed by atoms with Gasteiger partial charge in [0.05, 0.1) is 5.02 Å². The molecule has 0 heterocycles. The summed E-state index contributed by atoms with van der Waals surface area (Å²) in [6.45, 7) is 1.71. The average molecular weight is 425 g/mol. The zero-order chi connectivity index (χ0) is 20.6. The van der Waals surface area contributed by atoms with Crippen molar-refractivity contribution in [2.24, 2.45) is 0 Å². The molecule has 0 fully saturated rings. The normalized spacial score (nSPS) is 11.3. The van der Waals surface area contributed by atoms with Crippen LogP contribution in [0.1, 0.15) is 16.7 Å². The summed E-state index contributed by atoms with van der Waals surface area (Å²) in [5.41, 5.74) is 4.83. The summed E-state index contributed by atoms with van der Waals surface area (Å²) >= 11 is 7.88. The summed E-state index contributed by atoms with van der Waals surface area (Å²) in [7, 11) is 0. The molecule has 0 atom stereocenters. The highest BCUT2D eigenvalue weighted by Gasteiger charge is 2.08. The predicted molar refractivity (Wildman–Crippen MR) is 120 cm³/mol. The fraction of sp³-hybridized carbons (Fsp3) is 0.125. The lowest BCUT2D eigenvalue weighted by Gasteiger charge is -2.12. The van der Waals surface area contributed by atoms with Crippen molar-refractivity contribution in [2.45, 2.75) is 11.8 Å². The number of halogens is 1. The monoisotopic (exact) mass is 424 g/mol. The summed E-state index contributed by atoms with van der Waals surface area (Å²) in [5.74, 6) is 0.109. The molecule has 0 aliphatic carbocycles. The number of hydrogen-bond donors (Lipinski definition) is 1. The molecule has 3 nitrogen and oxygen atoms in total. The number of hydrogen-bond acceptors (Lipinski definition) is 3. The average Bonchev–Trinajstić information content (AvgIpc) is 2.72. The highest BCUT2D eigenvalue weighted by molar-refractivity contribution is 7.99. The smallest absolute Gasteiger partial charge is 0.341 e. The van der Waals surface area contributed by atoms with Crippen molar-refractivity contribution in [2.75, 3.05) is 12.4 Å². The molecular formula is C24H21ClO3S. The zero-order valence-corrected chi connectivity index (χ0v) is 17.5. The molecule has 148 valence electrons. The summed E-state index contributed by atoms with van der Waals surface area (Å²) in [5, 5.41) is 9.12. The van der Waals surface area contributed by atoms with Gasteiger partial charge in [-0.25, -0.2) is 4.79 Å². The second-order valence-corrected chi connectivity index (χ2v) is 7.89. The van der Waals surface area contributed by atoms with Gasteiger partial charge in [-0.15, -0.1) is 11.8 Å². The zero-order valence-electron chi connectivity index (χ0n) is 16.0. The number of carbonyl (C=O) groups is 1. The Morgan fingerprint density at radius 1 is 1.07 bits per heavy atom. The van der Waals surface area contributed by atoms with Crippen LogP contribution in [0.4, 0.5) is 0 Å². The van der Waals surface area contributed by atoms with Crippen LogP contribution in [0.25, 0.3) is 5.57 Å². The third-order valence-electron chi connectivity index (χ3n) is 4.31. The molecule has 0 aliphatic rings. The first-order valence-corrected chi connectivity index (χ1v) is 10.5. The van der Waals surface area contributed by atoms with E-state index >= 15 is 0 Å². The molecule has 3 rings (SSSR count). The molecule has 0 radical (unpaired) electrons. The van der Waals surface area contributed by atoms with Crippen LogP contribution in [0.3, 0.4) is 0 Å². The Kier molecular flexibility index (Phi) is 7.39. The molecule has 3 aromatic carbocycles. The van der Waals surface area contributed by atoms with Crippen LogP contribution in [0, 0.1) is 6.92 Å². The van der Waals surface area contributed by atoms with Crippen molar-refractivity contribution < 1.29 is 14.6 Å². The van der Waals surface area contributed by atoms with E-state index in [2.05, 4.69) is 43.3 Å². The predicted octanol–water partition coefficient (Wildman–Crippen LogP) is 6.34. The van der Waals surface area contributed by atoms with Crippen LogP contribution < -0.4 is 4.74 Å². The Hall–Kier alpha value is -2.69. The number of aliphatic carboxylic acids is 1. The maximum atomic E-state index is 10.6. The third kappa shape index (κ3) is 5.89. The largest absolute Gasteiger partial charge is 0.480 e. The number of rotatable bonds is 8. The minimum absolute atomic E-state index is 0.374. The number of thioether (sulfide) groups is 1. The molecule has 0 saturated carbocycles. The van der Waals surface area contributed by atoms with E-state index in [1.165, 1.54) is 22.3 Å². The van der Waals surface area contributed by atoms with E-state index in [0.29, 0.717) is 10.8 Å². The Morgan fingerprint density at radius 2 is 1.79 bits per heavy atom. The van der Waals surface area contributed by atoms with E-state index in [0.717, 1.165) is 10.6 Å². The molecule has 0 saturated heterocycles. The van der Waals surface area contributed by atoms with Gasteiger partial charge >= 0.3 is 5.97 Å². The highest BCUT2D eigenvalue weighted by Crippen LogP contribution is 2.32. The van der Waals surface area contributed by atoms with E-state index in [-0.39, 0.29) is 0 Å². The number of carboxylic acid groups (broad SMARTS) is 1.